The van der Waals surface area contributed by atoms with Gasteiger partial charge in [-0.25, -0.2) is 0 Å². The Labute approximate surface area is 102 Å². The molecule has 1 aromatic heterocycles. The van der Waals surface area contributed by atoms with Crippen LogP contribution in [0, 0.1) is 0 Å². The molecule has 1 fully saturated rings. The summed E-state index contributed by atoms with van der Waals surface area (Å²) in [5.74, 6) is 2.10. The highest BCUT2D eigenvalue weighted by Crippen LogP contribution is 2.38. The van der Waals surface area contributed by atoms with E-state index >= 15 is 0 Å². The van der Waals surface area contributed by atoms with E-state index in [9.17, 15) is 0 Å². The molecule has 17 heavy (non-hydrogen) atoms. The standard InChI is InChI=1S/C12H21N3O2/c1-9(2)15(6-3-7-16)8-11-13-12(14-17-11)10-4-5-10/h9-10,16H,3-8H2,1-2H3. The third kappa shape index (κ3) is 3.51. The Morgan fingerprint density at radius 1 is 1.47 bits per heavy atom. The summed E-state index contributed by atoms with van der Waals surface area (Å²) in [5.41, 5.74) is 0. The van der Waals surface area contributed by atoms with Gasteiger partial charge in [0.2, 0.25) is 5.89 Å². The Balaban J connectivity index is 1.90. The van der Waals surface area contributed by atoms with Crippen LogP contribution in [-0.4, -0.2) is 39.3 Å². The van der Waals surface area contributed by atoms with Gasteiger partial charge >= 0.3 is 0 Å². The highest BCUT2D eigenvalue weighted by molar-refractivity contribution is 5.03. The first-order chi connectivity index (χ1) is 8.20. The predicted octanol–water partition coefficient (Wildman–Crippen LogP) is 1.54. The number of aliphatic hydroxyl groups excluding tert-OH is 1. The minimum absolute atomic E-state index is 0.223. The van der Waals surface area contributed by atoms with Gasteiger partial charge in [-0.1, -0.05) is 5.16 Å². The molecule has 96 valence electrons. The molecule has 0 unspecified atom stereocenters. The zero-order chi connectivity index (χ0) is 12.3. The first-order valence-corrected chi connectivity index (χ1v) is 6.38. The minimum atomic E-state index is 0.223. The van der Waals surface area contributed by atoms with Crippen LogP contribution in [0.2, 0.25) is 0 Å². The molecule has 1 aromatic rings. The topological polar surface area (TPSA) is 62.4 Å². The molecule has 0 bridgehead atoms. The van der Waals surface area contributed by atoms with Gasteiger partial charge in [0.25, 0.3) is 0 Å². The van der Waals surface area contributed by atoms with Gasteiger partial charge in [-0.3, -0.25) is 4.90 Å². The lowest BCUT2D eigenvalue weighted by atomic mass is 10.3. The van der Waals surface area contributed by atoms with Gasteiger partial charge in [0, 0.05) is 25.1 Å². The molecular formula is C12H21N3O2. The number of hydrogen-bond acceptors (Lipinski definition) is 5. The average Bonchev–Trinajstić information content (AvgIpc) is 3.05. The van der Waals surface area contributed by atoms with Crippen molar-refractivity contribution < 1.29 is 9.63 Å². The second-order valence-electron chi connectivity index (χ2n) is 4.96. The van der Waals surface area contributed by atoms with Crippen LogP contribution >= 0.6 is 0 Å². The fourth-order valence-corrected chi connectivity index (χ4v) is 1.81. The summed E-state index contributed by atoms with van der Waals surface area (Å²) in [7, 11) is 0. The Kier molecular flexibility index (Phi) is 4.12. The van der Waals surface area contributed by atoms with Crippen molar-refractivity contribution in [1.29, 1.82) is 0 Å². The number of nitrogens with zero attached hydrogens (tertiary/aromatic N) is 3. The summed E-state index contributed by atoms with van der Waals surface area (Å²) in [6, 6.07) is 0.415. The van der Waals surface area contributed by atoms with Crippen molar-refractivity contribution in [2.45, 2.75) is 51.6 Å². The Morgan fingerprint density at radius 2 is 2.24 bits per heavy atom. The maximum absolute atomic E-state index is 8.87. The summed E-state index contributed by atoms with van der Waals surface area (Å²) in [5, 5.41) is 12.9. The normalized spacial score (nSPS) is 16.1. The van der Waals surface area contributed by atoms with Gasteiger partial charge in [0.05, 0.1) is 6.54 Å². The highest BCUT2D eigenvalue weighted by atomic mass is 16.5. The second-order valence-corrected chi connectivity index (χ2v) is 4.96. The second kappa shape index (κ2) is 5.60. The number of aliphatic hydroxyl groups is 1. The minimum Gasteiger partial charge on any atom is -0.396 e. The SMILES string of the molecule is CC(C)N(CCCO)Cc1nc(C2CC2)no1. The van der Waals surface area contributed by atoms with Crippen LogP contribution < -0.4 is 0 Å². The molecule has 0 atom stereocenters. The van der Waals surface area contributed by atoms with E-state index in [1.54, 1.807) is 0 Å². The maximum atomic E-state index is 8.87. The van der Waals surface area contributed by atoms with Crippen molar-refractivity contribution in [2.24, 2.45) is 0 Å². The van der Waals surface area contributed by atoms with E-state index in [-0.39, 0.29) is 6.61 Å². The van der Waals surface area contributed by atoms with Crippen molar-refractivity contribution in [1.82, 2.24) is 15.0 Å². The van der Waals surface area contributed by atoms with Gasteiger partial charge in [-0.05, 0) is 33.1 Å². The molecule has 0 aliphatic heterocycles. The largest absolute Gasteiger partial charge is 0.396 e. The molecule has 5 heteroatoms. The smallest absolute Gasteiger partial charge is 0.240 e. The van der Waals surface area contributed by atoms with Crippen molar-refractivity contribution in [3.05, 3.63) is 11.7 Å². The van der Waals surface area contributed by atoms with Crippen LogP contribution in [0.1, 0.15) is 50.7 Å². The quantitative estimate of drug-likeness (QED) is 0.782. The van der Waals surface area contributed by atoms with E-state index in [2.05, 4.69) is 28.9 Å². The molecule has 0 saturated heterocycles. The van der Waals surface area contributed by atoms with E-state index in [1.807, 2.05) is 0 Å². The van der Waals surface area contributed by atoms with Gasteiger partial charge < -0.3 is 9.63 Å². The number of aromatic nitrogens is 2. The summed E-state index contributed by atoms with van der Waals surface area (Å²) < 4.78 is 5.26. The predicted molar refractivity (Wildman–Crippen MR) is 63.5 cm³/mol. The molecule has 1 N–H and O–H groups in total. The van der Waals surface area contributed by atoms with Crippen molar-refractivity contribution in [2.75, 3.05) is 13.2 Å². The van der Waals surface area contributed by atoms with E-state index in [1.165, 1.54) is 12.8 Å². The van der Waals surface area contributed by atoms with Crippen LogP contribution in [0.5, 0.6) is 0 Å². The lowest BCUT2D eigenvalue weighted by Crippen LogP contribution is -2.31. The number of rotatable bonds is 7. The summed E-state index contributed by atoms with van der Waals surface area (Å²) in [6.45, 7) is 6.03. The van der Waals surface area contributed by atoms with Crippen LogP contribution in [0.4, 0.5) is 0 Å². The molecular weight excluding hydrogens is 218 g/mol. The van der Waals surface area contributed by atoms with Gasteiger partial charge in [0.1, 0.15) is 0 Å². The fraction of sp³-hybridized carbons (Fsp3) is 0.833. The molecule has 0 aromatic carbocycles. The van der Waals surface area contributed by atoms with E-state index in [4.69, 9.17) is 9.63 Å². The Morgan fingerprint density at radius 3 is 2.82 bits per heavy atom. The fourth-order valence-electron chi connectivity index (χ4n) is 1.81. The molecule has 2 rings (SSSR count). The first-order valence-electron chi connectivity index (χ1n) is 6.38. The lowest BCUT2D eigenvalue weighted by molar-refractivity contribution is 0.165. The van der Waals surface area contributed by atoms with Crippen molar-refractivity contribution >= 4 is 0 Å². The summed E-state index contributed by atoms with van der Waals surface area (Å²) in [6.07, 6.45) is 3.16. The molecule has 1 saturated carbocycles. The maximum Gasteiger partial charge on any atom is 0.240 e. The summed E-state index contributed by atoms with van der Waals surface area (Å²) >= 11 is 0. The molecule has 0 amide bonds. The van der Waals surface area contributed by atoms with Gasteiger partial charge in [-0.2, -0.15) is 4.98 Å². The molecule has 1 aliphatic carbocycles. The summed E-state index contributed by atoms with van der Waals surface area (Å²) in [4.78, 5) is 6.66. The third-order valence-electron chi connectivity index (χ3n) is 3.10. The van der Waals surface area contributed by atoms with Crippen LogP contribution in [0.25, 0.3) is 0 Å². The third-order valence-corrected chi connectivity index (χ3v) is 3.10. The molecule has 0 radical (unpaired) electrons. The van der Waals surface area contributed by atoms with Gasteiger partial charge in [0.15, 0.2) is 5.82 Å². The molecule has 5 nitrogen and oxygen atoms in total. The van der Waals surface area contributed by atoms with Crippen LogP contribution in [0.3, 0.4) is 0 Å². The first kappa shape index (κ1) is 12.5. The van der Waals surface area contributed by atoms with Crippen LogP contribution in [0.15, 0.2) is 4.52 Å². The Bertz CT molecular complexity index is 347. The van der Waals surface area contributed by atoms with Gasteiger partial charge in [-0.15, -0.1) is 0 Å². The Hall–Kier alpha value is -0.940. The van der Waals surface area contributed by atoms with E-state index in [0.29, 0.717) is 24.4 Å². The van der Waals surface area contributed by atoms with Crippen LogP contribution in [-0.2, 0) is 6.54 Å². The van der Waals surface area contributed by atoms with E-state index in [0.717, 1.165) is 18.8 Å². The average molecular weight is 239 g/mol. The van der Waals surface area contributed by atoms with Crippen molar-refractivity contribution in [3.8, 4) is 0 Å². The molecule has 1 aliphatic rings. The zero-order valence-corrected chi connectivity index (χ0v) is 10.6. The molecule has 1 heterocycles. The highest BCUT2D eigenvalue weighted by Gasteiger charge is 2.29. The van der Waals surface area contributed by atoms with Crippen molar-refractivity contribution in [3.63, 3.8) is 0 Å². The molecule has 0 spiro atoms. The zero-order valence-electron chi connectivity index (χ0n) is 10.6. The van der Waals surface area contributed by atoms with E-state index < -0.39 is 0 Å². The lowest BCUT2D eigenvalue weighted by Gasteiger charge is -2.24. The number of hydrogen-bond donors (Lipinski definition) is 1. The monoisotopic (exact) mass is 239 g/mol.